The van der Waals surface area contributed by atoms with Crippen molar-refractivity contribution in [3.05, 3.63) is 23.2 Å². The first kappa shape index (κ1) is 12.7. The lowest BCUT2D eigenvalue weighted by Crippen LogP contribution is -2.21. The first-order valence-electron chi connectivity index (χ1n) is 6.47. The summed E-state index contributed by atoms with van der Waals surface area (Å²) in [5.41, 5.74) is 2.10. The number of hydrogen-bond acceptors (Lipinski definition) is 2. The van der Waals surface area contributed by atoms with E-state index in [-0.39, 0.29) is 0 Å². The average Bonchev–Trinajstić information content (AvgIpc) is 2.50. The van der Waals surface area contributed by atoms with Gasteiger partial charge in [-0.05, 0) is 43.7 Å². The van der Waals surface area contributed by atoms with Gasteiger partial charge in [0.1, 0.15) is 11.5 Å². The highest BCUT2D eigenvalue weighted by atomic mass is 16.3. The summed E-state index contributed by atoms with van der Waals surface area (Å²) >= 11 is 0. The van der Waals surface area contributed by atoms with Crippen LogP contribution in [0.25, 0.3) is 0 Å². The van der Waals surface area contributed by atoms with Gasteiger partial charge in [0, 0.05) is 11.6 Å². The molecule has 1 atom stereocenters. The Morgan fingerprint density at radius 1 is 1.18 bits per heavy atom. The second-order valence-electron chi connectivity index (χ2n) is 6.56. The van der Waals surface area contributed by atoms with Gasteiger partial charge < -0.3 is 9.73 Å². The molecule has 17 heavy (non-hydrogen) atoms. The molecule has 0 bridgehead atoms. The second-order valence-corrected chi connectivity index (χ2v) is 6.56. The molecule has 0 aliphatic heterocycles. The standard InChI is InChI=1S/C15H25NO/c1-9-8-11(10(2)17-9)12(16-7)13-14(3,4)15(13,5)6/h8,12-13,16H,1-7H3. The molecular formula is C15H25NO. The molecule has 1 heterocycles. The predicted octanol–water partition coefficient (Wildman–Crippen LogP) is 3.84. The van der Waals surface area contributed by atoms with Crippen molar-refractivity contribution >= 4 is 0 Å². The molecule has 1 aromatic rings. The van der Waals surface area contributed by atoms with E-state index >= 15 is 0 Å². The summed E-state index contributed by atoms with van der Waals surface area (Å²) < 4.78 is 5.67. The predicted molar refractivity (Wildman–Crippen MR) is 71.0 cm³/mol. The molecule has 1 saturated carbocycles. The van der Waals surface area contributed by atoms with Crippen LogP contribution in [0, 0.1) is 30.6 Å². The Balaban J connectivity index is 2.34. The molecule has 1 aliphatic rings. The molecule has 96 valence electrons. The molecule has 0 spiro atoms. The number of hydrogen-bond donors (Lipinski definition) is 1. The fourth-order valence-electron chi connectivity index (χ4n) is 3.54. The Morgan fingerprint density at radius 3 is 2.00 bits per heavy atom. The Kier molecular flexibility index (Phi) is 2.70. The fourth-order valence-corrected chi connectivity index (χ4v) is 3.54. The Labute approximate surface area is 105 Å². The molecule has 0 aromatic carbocycles. The van der Waals surface area contributed by atoms with E-state index in [0.717, 1.165) is 11.5 Å². The lowest BCUT2D eigenvalue weighted by atomic mass is 9.97. The van der Waals surface area contributed by atoms with Crippen molar-refractivity contribution in [1.82, 2.24) is 5.32 Å². The molecule has 1 aromatic heterocycles. The number of rotatable bonds is 3. The molecule has 1 N–H and O–H groups in total. The minimum absolute atomic E-state index is 0.387. The topological polar surface area (TPSA) is 25.2 Å². The van der Waals surface area contributed by atoms with Crippen LogP contribution in [0.15, 0.2) is 10.5 Å². The zero-order valence-electron chi connectivity index (χ0n) is 12.1. The van der Waals surface area contributed by atoms with Crippen LogP contribution < -0.4 is 5.32 Å². The third-order valence-corrected chi connectivity index (χ3v) is 5.19. The molecule has 2 nitrogen and oxygen atoms in total. The van der Waals surface area contributed by atoms with Gasteiger partial charge in [-0.3, -0.25) is 0 Å². The molecule has 1 fully saturated rings. The fraction of sp³-hybridized carbons (Fsp3) is 0.733. The molecule has 2 rings (SSSR count). The summed E-state index contributed by atoms with van der Waals surface area (Å²) in [7, 11) is 2.05. The van der Waals surface area contributed by atoms with Crippen molar-refractivity contribution in [2.45, 2.75) is 47.6 Å². The van der Waals surface area contributed by atoms with Crippen molar-refractivity contribution in [1.29, 1.82) is 0 Å². The van der Waals surface area contributed by atoms with Crippen molar-refractivity contribution in [3.8, 4) is 0 Å². The molecule has 1 aliphatic carbocycles. The molecule has 0 amide bonds. The van der Waals surface area contributed by atoms with E-state index in [1.54, 1.807) is 0 Å². The van der Waals surface area contributed by atoms with Crippen LogP contribution >= 0.6 is 0 Å². The summed E-state index contributed by atoms with van der Waals surface area (Å²) in [6, 6.07) is 2.58. The summed E-state index contributed by atoms with van der Waals surface area (Å²) in [6.07, 6.45) is 0. The van der Waals surface area contributed by atoms with Crippen LogP contribution in [-0.4, -0.2) is 7.05 Å². The van der Waals surface area contributed by atoms with E-state index in [0.29, 0.717) is 22.8 Å². The van der Waals surface area contributed by atoms with Crippen LogP contribution in [0.4, 0.5) is 0 Å². The zero-order valence-corrected chi connectivity index (χ0v) is 12.1. The maximum atomic E-state index is 5.67. The van der Waals surface area contributed by atoms with Crippen LogP contribution in [0.2, 0.25) is 0 Å². The van der Waals surface area contributed by atoms with E-state index in [1.165, 1.54) is 5.56 Å². The van der Waals surface area contributed by atoms with Gasteiger partial charge >= 0.3 is 0 Å². The molecular weight excluding hydrogens is 210 g/mol. The highest BCUT2D eigenvalue weighted by Crippen LogP contribution is 2.72. The van der Waals surface area contributed by atoms with Crippen LogP contribution in [0.1, 0.15) is 50.8 Å². The van der Waals surface area contributed by atoms with Crippen molar-refractivity contribution in [2.75, 3.05) is 7.05 Å². The van der Waals surface area contributed by atoms with Gasteiger partial charge in [0.15, 0.2) is 0 Å². The number of aryl methyl sites for hydroxylation is 2. The van der Waals surface area contributed by atoms with Gasteiger partial charge in [0.25, 0.3) is 0 Å². The normalized spacial score (nSPS) is 23.7. The van der Waals surface area contributed by atoms with Gasteiger partial charge in [0.2, 0.25) is 0 Å². The van der Waals surface area contributed by atoms with Gasteiger partial charge in [-0.2, -0.15) is 0 Å². The largest absolute Gasteiger partial charge is 0.466 e. The van der Waals surface area contributed by atoms with E-state index in [1.807, 2.05) is 6.92 Å². The highest BCUT2D eigenvalue weighted by molar-refractivity contribution is 5.30. The van der Waals surface area contributed by atoms with Gasteiger partial charge in [0.05, 0.1) is 0 Å². The van der Waals surface area contributed by atoms with E-state index < -0.39 is 0 Å². The monoisotopic (exact) mass is 235 g/mol. The smallest absolute Gasteiger partial charge is 0.105 e. The van der Waals surface area contributed by atoms with E-state index in [9.17, 15) is 0 Å². The second kappa shape index (κ2) is 3.61. The van der Waals surface area contributed by atoms with Crippen molar-refractivity contribution < 1.29 is 4.42 Å². The lowest BCUT2D eigenvalue weighted by Gasteiger charge is -2.18. The summed E-state index contributed by atoms with van der Waals surface area (Å²) in [5, 5.41) is 3.49. The SMILES string of the molecule is CNC(c1cc(C)oc1C)C1C(C)(C)C1(C)C. The highest BCUT2D eigenvalue weighted by Gasteiger charge is 2.67. The van der Waals surface area contributed by atoms with Crippen LogP contribution in [-0.2, 0) is 0 Å². The lowest BCUT2D eigenvalue weighted by molar-refractivity contribution is 0.425. The quantitative estimate of drug-likeness (QED) is 0.861. The molecule has 2 heteroatoms. The van der Waals surface area contributed by atoms with Gasteiger partial charge in [-0.25, -0.2) is 0 Å². The minimum atomic E-state index is 0.387. The minimum Gasteiger partial charge on any atom is -0.466 e. The third kappa shape index (κ3) is 1.65. The summed E-state index contributed by atoms with van der Waals surface area (Å²) in [6.45, 7) is 13.5. The van der Waals surface area contributed by atoms with E-state index in [4.69, 9.17) is 4.42 Å². The Hall–Kier alpha value is -0.760. The zero-order chi connectivity index (χ0) is 13.0. The average molecular weight is 235 g/mol. The first-order valence-corrected chi connectivity index (χ1v) is 6.47. The Morgan fingerprint density at radius 2 is 1.71 bits per heavy atom. The van der Waals surface area contributed by atoms with Gasteiger partial charge in [-0.15, -0.1) is 0 Å². The molecule has 0 saturated heterocycles. The van der Waals surface area contributed by atoms with Gasteiger partial charge in [-0.1, -0.05) is 27.7 Å². The maximum absolute atomic E-state index is 5.67. The first-order chi connectivity index (χ1) is 7.73. The van der Waals surface area contributed by atoms with Crippen molar-refractivity contribution in [2.24, 2.45) is 16.7 Å². The maximum Gasteiger partial charge on any atom is 0.105 e. The van der Waals surface area contributed by atoms with Crippen LogP contribution in [0.3, 0.4) is 0 Å². The van der Waals surface area contributed by atoms with Crippen molar-refractivity contribution in [3.63, 3.8) is 0 Å². The summed E-state index contributed by atoms with van der Waals surface area (Å²) in [4.78, 5) is 0. The Bertz CT molecular complexity index is 414. The number of nitrogens with one attached hydrogen (secondary N) is 1. The van der Waals surface area contributed by atoms with Crippen LogP contribution in [0.5, 0.6) is 0 Å². The molecule has 1 unspecified atom stereocenters. The molecule has 0 radical (unpaired) electrons. The third-order valence-electron chi connectivity index (χ3n) is 5.19. The number of furan rings is 1. The summed E-state index contributed by atoms with van der Waals surface area (Å²) in [5.74, 6) is 2.73. The van der Waals surface area contributed by atoms with E-state index in [2.05, 4.69) is 53.0 Å².